The molecule has 21 heavy (non-hydrogen) atoms. The van der Waals surface area contributed by atoms with Crippen LogP contribution in [-0.4, -0.2) is 60.4 Å². The number of nitrogens with one attached hydrogen (secondary N) is 1. The van der Waals surface area contributed by atoms with Gasteiger partial charge in [0.15, 0.2) is 0 Å². The monoisotopic (exact) mass is 295 g/mol. The number of hydrogen-bond acceptors (Lipinski definition) is 3. The normalized spacial score (nSPS) is 21.2. The maximum Gasteiger partial charge on any atom is 0.239 e. The summed E-state index contributed by atoms with van der Waals surface area (Å²) in [4.78, 5) is 28.2. The second kappa shape index (κ2) is 8.37. The first-order valence-electron chi connectivity index (χ1n) is 8.48. The van der Waals surface area contributed by atoms with Crippen molar-refractivity contribution in [1.82, 2.24) is 15.1 Å². The molecule has 2 rings (SSSR count). The van der Waals surface area contributed by atoms with E-state index in [1.165, 1.54) is 12.8 Å². The van der Waals surface area contributed by atoms with Crippen molar-refractivity contribution in [3.63, 3.8) is 0 Å². The highest BCUT2D eigenvalue weighted by molar-refractivity contribution is 5.81. The van der Waals surface area contributed by atoms with Crippen molar-refractivity contribution in [2.75, 3.05) is 32.7 Å². The van der Waals surface area contributed by atoms with Gasteiger partial charge in [-0.05, 0) is 32.6 Å². The van der Waals surface area contributed by atoms with Crippen LogP contribution in [0.5, 0.6) is 0 Å². The predicted octanol–water partition coefficient (Wildman–Crippen LogP) is 1.38. The van der Waals surface area contributed by atoms with Crippen LogP contribution in [0.2, 0.25) is 0 Å². The summed E-state index contributed by atoms with van der Waals surface area (Å²) < 4.78 is 0. The fourth-order valence-electron chi connectivity index (χ4n) is 3.17. The van der Waals surface area contributed by atoms with Crippen LogP contribution < -0.4 is 5.32 Å². The number of hydrogen-bond donors (Lipinski definition) is 1. The molecule has 1 atom stereocenters. The number of likely N-dealkylation sites (tertiary alicyclic amines) is 2. The molecule has 0 spiro atoms. The van der Waals surface area contributed by atoms with E-state index in [9.17, 15) is 9.59 Å². The summed E-state index contributed by atoms with van der Waals surface area (Å²) >= 11 is 0. The van der Waals surface area contributed by atoms with E-state index in [-0.39, 0.29) is 17.9 Å². The first-order valence-corrected chi connectivity index (χ1v) is 8.48. The Morgan fingerprint density at radius 1 is 0.905 bits per heavy atom. The van der Waals surface area contributed by atoms with Crippen LogP contribution in [0.1, 0.15) is 51.9 Å². The van der Waals surface area contributed by atoms with Crippen LogP contribution in [0, 0.1) is 0 Å². The molecule has 5 heteroatoms. The van der Waals surface area contributed by atoms with Gasteiger partial charge in [0.25, 0.3) is 0 Å². The van der Waals surface area contributed by atoms with Crippen LogP contribution >= 0.6 is 0 Å². The zero-order valence-electron chi connectivity index (χ0n) is 13.3. The summed E-state index contributed by atoms with van der Waals surface area (Å²) in [6.07, 6.45) is 7.45. The minimum atomic E-state index is -0.186. The molecule has 0 aliphatic carbocycles. The van der Waals surface area contributed by atoms with Crippen LogP contribution in [0.3, 0.4) is 0 Å². The molecule has 0 aromatic heterocycles. The lowest BCUT2D eigenvalue weighted by Gasteiger charge is -2.25. The third-order valence-electron chi connectivity index (χ3n) is 4.54. The molecule has 5 nitrogen and oxygen atoms in total. The molecule has 2 fully saturated rings. The van der Waals surface area contributed by atoms with Crippen molar-refractivity contribution < 1.29 is 9.59 Å². The maximum absolute atomic E-state index is 12.4. The van der Waals surface area contributed by atoms with Gasteiger partial charge in [-0.1, -0.05) is 12.8 Å². The molecule has 2 aliphatic heterocycles. The van der Waals surface area contributed by atoms with Gasteiger partial charge < -0.3 is 15.1 Å². The minimum absolute atomic E-state index is 0.186. The van der Waals surface area contributed by atoms with Gasteiger partial charge >= 0.3 is 0 Å². The fraction of sp³-hybridized carbons (Fsp3) is 0.875. The zero-order chi connectivity index (χ0) is 15.1. The summed E-state index contributed by atoms with van der Waals surface area (Å²) in [6.45, 7) is 6.08. The second-order valence-electron chi connectivity index (χ2n) is 6.25. The maximum atomic E-state index is 12.4. The average Bonchev–Trinajstić information content (AvgIpc) is 2.89. The first kappa shape index (κ1) is 16.3. The van der Waals surface area contributed by atoms with Gasteiger partial charge in [-0.2, -0.15) is 0 Å². The molecule has 2 amide bonds. The highest BCUT2D eigenvalue weighted by atomic mass is 16.2. The van der Waals surface area contributed by atoms with Gasteiger partial charge in [0.05, 0.1) is 6.04 Å². The molecule has 0 bridgehead atoms. The number of nitrogens with zero attached hydrogens (tertiary/aromatic N) is 2. The quantitative estimate of drug-likeness (QED) is 0.833. The van der Waals surface area contributed by atoms with Gasteiger partial charge in [0.1, 0.15) is 0 Å². The summed E-state index contributed by atoms with van der Waals surface area (Å²) in [7, 11) is 0. The number of carbonyl (C=O) groups excluding carboxylic acids is 2. The minimum Gasteiger partial charge on any atom is -0.343 e. The molecular weight excluding hydrogens is 266 g/mol. The van der Waals surface area contributed by atoms with Crippen molar-refractivity contribution in [3.05, 3.63) is 0 Å². The van der Waals surface area contributed by atoms with Crippen molar-refractivity contribution >= 4 is 11.8 Å². The lowest BCUT2D eigenvalue weighted by atomic mass is 10.2. The van der Waals surface area contributed by atoms with E-state index >= 15 is 0 Å². The van der Waals surface area contributed by atoms with Crippen LogP contribution in [0.25, 0.3) is 0 Å². The first-order chi connectivity index (χ1) is 10.2. The third kappa shape index (κ3) is 4.99. The van der Waals surface area contributed by atoms with Gasteiger partial charge in [0.2, 0.25) is 11.8 Å². The molecule has 1 unspecified atom stereocenters. The van der Waals surface area contributed by atoms with E-state index < -0.39 is 0 Å². The molecule has 2 aliphatic rings. The molecule has 1 N–H and O–H groups in total. The molecule has 0 aromatic carbocycles. The van der Waals surface area contributed by atoms with E-state index in [0.717, 1.165) is 51.9 Å². The van der Waals surface area contributed by atoms with E-state index in [4.69, 9.17) is 0 Å². The molecule has 0 aromatic rings. The Labute approximate surface area is 128 Å². The van der Waals surface area contributed by atoms with Gasteiger partial charge in [-0.15, -0.1) is 0 Å². The summed E-state index contributed by atoms with van der Waals surface area (Å²) in [5.74, 6) is 0.403. The van der Waals surface area contributed by atoms with E-state index in [1.54, 1.807) is 0 Å². The molecule has 0 saturated carbocycles. The van der Waals surface area contributed by atoms with Crippen molar-refractivity contribution in [3.8, 4) is 0 Å². The Kier molecular flexibility index (Phi) is 6.49. The van der Waals surface area contributed by atoms with E-state index in [2.05, 4.69) is 5.32 Å². The summed E-state index contributed by atoms with van der Waals surface area (Å²) in [6, 6.07) is -0.186. The smallest absolute Gasteiger partial charge is 0.239 e. The highest BCUT2D eigenvalue weighted by Gasteiger charge is 2.22. The molecule has 2 heterocycles. The molecule has 120 valence electrons. The fourth-order valence-corrected chi connectivity index (χ4v) is 3.17. The Hall–Kier alpha value is -1.10. The van der Waals surface area contributed by atoms with Gasteiger partial charge in [0, 0.05) is 39.1 Å². The lowest BCUT2D eigenvalue weighted by Crippen LogP contribution is -2.46. The Bertz CT molecular complexity index is 345. The second-order valence-corrected chi connectivity index (χ2v) is 6.25. The largest absolute Gasteiger partial charge is 0.343 e. The van der Waals surface area contributed by atoms with Gasteiger partial charge in [-0.3, -0.25) is 9.59 Å². The third-order valence-corrected chi connectivity index (χ3v) is 4.54. The Balaban J connectivity index is 1.66. The van der Waals surface area contributed by atoms with Crippen molar-refractivity contribution in [1.29, 1.82) is 0 Å². The predicted molar refractivity (Wildman–Crippen MR) is 82.9 cm³/mol. The SMILES string of the molecule is CC(NCCC(=O)N1CCCC1)C(=O)N1CCCCCC1. The Morgan fingerprint density at radius 3 is 2.05 bits per heavy atom. The van der Waals surface area contributed by atoms with Crippen molar-refractivity contribution in [2.24, 2.45) is 0 Å². The summed E-state index contributed by atoms with van der Waals surface area (Å²) in [5, 5.41) is 3.22. The van der Waals surface area contributed by atoms with Crippen LogP contribution in [0.15, 0.2) is 0 Å². The Morgan fingerprint density at radius 2 is 1.43 bits per heavy atom. The molecule has 2 saturated heterocycles. The van der Waals surface area contributed by atoms with Crippen molar-refractivity contribution in [2.45, 2.75) is 57.9 Å². The molecular formula is C16H29N3O2. The highest BCUT2D eigenvalue weighted by Crippen LogP contribution is 2.11. The van der Waals surface area contributed by atoms with E-state index in [0.29, 0.717) is 13.0 Å². The average molecular weight is 295 g/mol. The van der Waals surface area contributed by atoms with Crippen LogP contribution in [-0.2, 0) is 9.59 Å². The number of carbonyl (C=O) groups is 2. The standard InChI is InChI=1S/C16H29N3O2/c1-14(16(21)19-12-4-2-3-5-13-19)17-9-8-15(20)18-10-6-7-11-18/h14,17H,2-13H2,1H3. The lowest BCUT2D eigenvalue weighted by molar-refractivity contribution is -0.134. The summed E-state index contributed by atoms with van der Waals surface area (Å²) in [5.41, 5.74) is 0. The topological polar surface area (TPSA) is 52.7 Å². The van der Waals surface area contributed by atoms with Crippen LogP contribution in [0.4, 0.5) is 0 Å². The number of rotatable bonds is 5. The zero-order valence-corrected chi connectivity index (χ0v) is 13.3. The number of amides is 2. The molecule has 0 radical (unpaired) electrons. The van der Waals surface area contributed by atoms with Gasteiger partial charge in [-0.25, -0.2) is 0 Å². The van der Waals surface area contributed by atoms with E-state index in [1.807, 2.05) is 16.7 Å².